The summed E-state index contributed by atoms with van der Waals surface area (Å²) in [6, 6.07) is 14.6. The smallest absolute Gasteiger partial charge is 0.360 e. The second-order valence-electron chi connectivity index (χ2n) is 5.66. The number of carbonyl (C=O) groups is 1. The SMILES string of the molecule is CON=C(C(=O)OC)c1ccccc1CON=C(C)C=Cc1ccc(Cl)cc1. The number of hydrogen-bond acceptors (Lipinski definition) is 6. The number of methoxy groups -OCH3 is 1. The van der Waals surface area contributed by atoms with E-state index in [-0.39, 0.29) is 12.3 Å². The monoisotopic (exact) mass is 400 g/mol. The highest BCUT2D eigenvalue weighted by molar-refractivity contribution is 6.43. The summed E-state index contributed by atoms with van der Waals surface area (Å²) >= 11 is 5.87. The van der Waals surface area contributed by atoms with Crippen LogP contribution in [0.2, 0.25) is 5.02 Å². The lowest BCUT2D eigenvalue weighted by Crippen LogP contribution is -2.19. The normalized spacial score (nSPS) is 12.1. The summed E-state index contributed by atoms with van der Waals surface area (Å²) in [5, 5.41) is 8.54. The number of oxime groups is 2. The van der Waals surface area contributed by atoms with Crippen molar-refractivity contribution >= 4 is 35.1 Å². The van der Waals surface area contributed by atoms with Crippen molar-refractivity contribution < 1.29 is 19.2 Å². The molecule has 0 amide bonds. The molecule has 0 radical (unpaired) electrons. The first kappa shape index (κ1) is 21.2. The second-order valence-corrected chi connectivity index (χ2v) is 6.10. The van der Waals surface area contributed by atoms with Crippen LogP contribution in [0.5, 0.6) is 0 Å². The number of carbonyl (C=O) groups excluding carboxylic acids is 1. The Kier molecular flexibility index (Phi) is 8.24. The highest BCUT2D eigenvalue weighted by atomic mass is 35.5. The van der Waals surface area contributed by atoms with Crippen molar-refractivity contribution in [2.75, 3.05) is 14.2 Å². The predicted octanol–water partition coefficient (Wildman–Crippen LogP) is 4.47. The molecular weight excluding hydrogens is 380 g/mol. The van der Waals surface area contributed by atoms with E-state index in [2.05, 4.69) is 10.3 Å². The summed E-state index contributed by atoms with van der Waals surface area (Å²) in [5.41, 5.74) is 3.03. The van der Waals surface area contributed by atoms with Crippen molar-refractivity contribution in [2.45, 2.75) is 13.5 Å². The van der Waals surface area contributed by atoms with Gasteiger partial charge in [-0.15, -0.1) is 0 Å². The molecule has 0 aliphatic rings. The van der Waals surface area contributed by atoms with Gasteiger partial charge in [-0.2, -0.15) is 0 Å². The Morgan fingerprint density at radius 3 is 2.46 bits per heavy atom. The van der Waals surface area contributed by atoms with E-state index in [1.54, 1.807) is 12.1 Å². The number of allylic oxidation sites excluding steroid dienone is 1. The lowest BCUT2D eigenvalue weighted by molar-refractivity contribution is -0.132. The molecule has 2 aromatic carbocycles. The Bertz CT molecular complexity index is 890. The Hall–Kier alpha value is -3.12. The van der Waals surface area contributed by atoms with Gasteiger partial charge in [0, 0.05) is 16.1 Å². The zero-order chi connectivity index (χ0) is 20.4. The van der Waals surface area contributed by atoms with Crippen LogP contribution in [0.3, 0.4) is 0 Å². The van der Waals surface area contributed by atoms with Crippen molar-refractivity contribution in [3.63, 3.8) is 0 Å². The number of ether oxygens (including phenoxy) is 1. The molecule has 0 heterocycles. The molecule has 146 valence electrons. The summed E-state index contributed by atoms with van der Waals surface area (Å²) in [6.45, 7) is 1.98. The minimum atomic E-state index is -0.597. The third-order valence-electron chi connectivity index (χ3n) is 3.65. The lowest BCUT2D eigenvalue weighted by atomic mass is 10.0. The van der Waals surface area contributed by atoms with Crippen LogP contribution in [-0.4, -0.2) is 31.6 Å². The lowest BCUT2D eigenvalue weighted by Gasteiger charge is -2.09. The first-order chi connectivity index (χ1) is 13.5. The fourth-order valence-electron chi connectivity index (χ4n) is 2.29. The number of hydrogen-bond donors (Lipinski definition) is 0. The largest absolute Gasteiger partial charge is 0.464 e. The zero-order valence-corrected chi connectivity index (χ0v) is 16.6. The Morgan fingerprint density at radius 1 is 1.07 bits per heavy atom. The Balaban J connectivity index is 2.08. The fraction of sp³-hybridized carbons (Fsp3) is 0.190. The van der Waals surface area contributed by atoms with E-state index in [1.807, 2.05) is 55.5 Å². The summed E-state index contributed by atoms with van der Waals surface area (Å²) in [6.07, 6.45) is 3.74. The molecule has 0 aliphatic carbocycles. The summed E-state index contributed by atoms with van der Waals surface area (Å²) < 4.78 is 4.76. The molecule has 0 bridgehead atoms. The van der Waals surface area contributed by atoms with E-state index in [9.17, 15) is 4.79 Å². The molecule has 7 heteroatoms. The quantitative estimate of drug-likeness (QED) is 0.372. The van der Waals surface area contributed by atoms with Crippen LogP contribution in [-0.2, 0) is 25.8 Å². The van der Waals surface area contributed by atoms with Gasteiger partial charge < -0.3 is 14.4 Å². The molecule has 0 fully saturated rings. The average Bonchev–Trinajstić information content (AvgIpc) is 2.71. The molecule has 0 unspecified atom stereocenters. The number of halogens is 1. The van der Waals surface area contributed by atoms with Gasteiger partial charge in [-0.05, 0) is 30.7 Å². The maximum Gasteiger partial charge on any atom is 0.360 e. The maximum atomic E-state index is 12.0. The fourth-order valence-corrected chi connectivity index (χ4v) is 2.41. The summed E-state index contributed by atoms with van der Waals surface area (Å²) in [4.78, 5) is 22.2. The van der Waals surface area contributed by atoms with E-state index in [4.69, 9.17) is 26.0 Å². The summed E-state index contributed by atoms with van der Waals surface area (Å²) in [5.74, 6) is -0.597. The zero-order valence-electron chi connectivity index (χ0n) is 15.9. The molecule has 0 N–H and O–H groups in total. The van der Waals surface area contributed by atoms with Crippen LogP contribution in [0.4, 0.5) is 0 Å². The van der Waals surface area contributed by atoms with Gasteiger partial charge in [0.15, 0.2) is 5.71 Å². The van der Waals surface area contributed by atoms with Gasteiger partial charge in [0.2, 0.25) is 0 Å². The molecule has 0 spiro atoms. The minimum Gasteiger partial charge on any atom is -0.464 e. The third-order valence-corrected chi connectivity index (χ3v) is 3.90. The number of nitrogens with zero attached hydrogens (tertiary/aromatic N) is 2. The molecule has 0 saturated heterocycles. The maximum absolute atomic E-state index is 12.0. The molecule has 6 nitrogen and oxygen atoms in total. The van der Waals surface area contributed by atoms with E-state index in [0.29, 0.717) is 16.3 Å². The highest BCUT2D eigenvalue weighted by Gasteiger charge is 2.19. The highest BCUT2D eigenvalue weighted by Crippen LogP contribution is 2.14. The Morgan fingerprint density at radius 2 is 1.79 bits per heavy atom. The van der Waals surface area contributed by atoms with Crippen molar-refractivity contribution in [3.05, 3.63) is 76.3 Å². The average molecular weight is 401 g/mol. The van der Waals surface area contributed by atoms with Gasteiger partial charge in [-0.25, -0.2) is 4.79 Å². The van der Waals surface area contributed by atoms with Gasteiger partial charge in [0.25, 0.3) is 0 Å². The molecule has 2 aromatic rings. The van der Waals surface area contributed by atoms with E-state index < -0.39 is 5.97 Å². The molecule has 0 atom stereocenters. The van der Waals surface area contributed by atoms with Crippen LogP contribution in [0.25, 0.3) is 6.08 Å². The standard InChI is InChI=1S/C21H21ClN2O4/c1-15(8-9-16-10-12-18(22)13-11-16)23-28-14-17-6-4-5-7-19(17)20(24-27-3)21(25)26-2/h4-13H,14H2,1-3H3. The number of esters is 1. The first-order valence-electron chi connectivity index (χ1n) is 8.43. The van der Waals surface area contributed by atoms with Gasteiger partial charge >= 0.3 is 5.97 Å². The molecule has 0 aliphatic heterocycles. The van der Waals surface area contributed by atoms with Crippen LogP contribution < -0.4 is 0 Å². The molecule has 0 aromatic heterocycles. The van der Waals surface area contributed by atoms with Gasteiger partial charge in [-0.1, -0.05) is 64.4 Å². The van der Waals surface area contributed by atoms with Gasteiger partial charge in [0.05, 0.1) is 12.8 Å². The van der Waals surface area contributed by atoms with Crippen LogP contribution >= 0.6 is 11.6 Å². The van der Waals surface area contributed by atoms with Crippen molar-refractivity contribution in [1.29, 1.82) is 0 Å². The van der Waals surface area contributed by atoms with E-state index in [0.717, 1.165) is 11.1 Å². The molecule has 0 saturated carbocycles. The van der Waals surface area contributed by atoms with E-state index >= 15 is 0 Å². The minimum absolute atomic E-state index is 0.0625. The van der Waals surface area contributed by atoms with E-state index in [1.165, 1.54) is 14.2 Å². The van der Waals surface area contributed by atoms with Crippen LogP contribution in [0.15, 0.2) is 64.9 Å². The summed E-state index contributed by atoms with van der Waals surface area (Å²) in [7, 11) is 2.65. The van der Waals surface area contributed by atoms with Crippen molar-refractivity contribution in [2.24, 2.45) is 10.3 Å². The second kappa shape index (κ2) is 10.9. The van der Waals surface area contributed by atoms with Crippen molar-refractivity contribution in [3.8, 4) is 0 Å². The van der Waals surface area contributed by atoms with Crippen LogP contribution in [0.1, 0.15) is 23.6 Å². The third kappa shape index (κ3) is 6.25. The molecule has 2 rings (SSSR count). The predicted molar refractivity (Wildman–Crippen MR) is 110 cm³/mol. The number of rotatable bonds is 8. The first-order valence-corrected chi connectivity index (χ1v) is 8.81. The van der Waals surface area contributed by atoms with Gasteiger partial charge in [0.1, 0.15) is 13.7 Å². The van der Waals surface area contributed by atoms with Crippen LogP contribution in [0, 0.1) is 0 Å². The topological polar surface area (TPSA) is 69.5 Å². The van der Waals surface area contributed by atoms with Gasteiger partial charge in [-0.3, -0.25) is 0 Å². The molecular formula is C21H21ClN2O4. The number of benzene rings is 2. The molecule has 28 heavy (non-hydrogen) atoms. The van der Waals surface area contributed by atoms with Crippen molar-refractivity contribution in [1.82, 2.24) is 0 Å². The Labute approximate surface area is 169 Å².